The minimum atomic E-state index is -1.41. The van der Waals surface area contributed by atoms with Crippen LogP contribution < -0.4 is 67.4 Å². The van der Waals surface area contributed by atoms with Crippen molar-refractivity contribution in [2.75, 3.05) is 18.1 Å². The maximum Gasteiger partial charge on any atom is 1.00 e. The molecule has 2 atom stereocenters. The first-order valence-electron chi connectivity index (χ1n) is 8.22. The molecule has 16 heteroatoms. The van der Waals surface area contributed by atoms with Gasteiger partial charge in [0.15, 0.2) is 4.34 Å². The molecule has 0 bridgehead atoms. The van der Waals surface area contributed by atoms with Crippen LogP contribution in [0, 0.1) is 6.92 Å². The quantitative estimate of drug-likeness (QED) is 0.122. The third-order valence-electron chi connectivity index (χ3n) is 4.12. The van der Waals surface area contributed by atoms with E-state index in [4.69, 9.17) is 0 Å². The minimum absolute atomic E-state index is 0. The van der Waals surface area contributed by atoms with Gasteiger partial charge in [-0.25, -0.2) is 4.89 Å². The van der Waals surface area contributed by atoms with Gasteiger partial charge in [-0.1, -0.05) is 23.1 Å². The number of amides is 2. The van der Waals surface area contributed by atoms with E-state index in [0.29, 0.717) is 17.1 Å². The number of fused-ring (bicyclic) bond motifs is 1. The molecule has 3 aliphatic rings. The van der Waals surface area contributed by atoms with Crippen LogP contribution in [0.15, 0.2) is 15.6 Å². The molecule has 4 rings (SSSR count). The third-order valence-corrected chi connectivity index (χ3v) is 7.52. The summed E-state index contributed by atoms with van der Waals surface area (Å²) < 4.78 is 1.96. The summed E-state index contributed by atoms with van der Waals surface area (Å²) in [4.78, 5) is 46.4. The molecule has 0 radical (unpaired) electrons. The monoisotopic (exact) mass is 497 g/mol. The smallest absolute Gasteiger partial charge is 0.543 e. The molecule has 1 aromatic rings. The number of carboxylic acid groups (broad SMARTS) is 1. The Labute approximate surface area is 225 Å². The second-order valence-corrected chi connectivity index (χ2v) is 9.58. The van der Waals surface area contributed by atoms with Crippen LogP contribution in [0.2, 0.25) is 0 Å². The van der Waals surface area contributed by atoms with Crippen LogP contribution in [0.3, 0.4) is 0 Å². The number of hydrogen-bond acceptors (Lipinski definition) is 12. The molecule has 154 valence electrons. The second kappa shape index (κ2) is 10.3. The molecule has 4 heterocycles. The van der Waals surface area contributed by atoms with Crippen molar-refractivity contribution in [3.05, 3.63) is 16.3 Å². The Hall–Kier alpha value is -0.724. The Morgan fingerprint density at radius 3 is 2.93 bits per heavy atom. The minimum Gasteiger partial charge on any atom is -0.543 e. The van der Waals surface area contributed by atoms with Crippen molar-refractivity contribution in [1.29, 1.82) is 0 Å². The summed E-state index contributed by atoms with van der Waals surface area (Å²) in [6, 6.07) is -0.814. The number of carbonyl (C=O) groups is 3. The zero-order valence-corrected chi connectivity index (χ0v) is 21.4. The van der Waals surface area contributed by atoms with Gasteiger partial charge in [0.1, 0.15) is 16.4 Å². The SMILES string of the molecule is Cc1nnc(SCC2=C(C(=O)[O-])N3C(=O)C(NC(=O)C[N+]4=COON4)[C@H]3SC2)s1.[K+]. The number of thioether (sulfide) groups is 2. The first-order chi connectivity index (χ1) is 13.9. The summed E-state index contributed by atoms with van der Waals surface area (Å²) >= 11 is 4.16. The third kappa shape index (κ3) is 5.02. The first kappa shape index (κ1) is 23.9. The van der Waals surface area contributed by atoms with Gasteiger partial charge in [0.05, 0.1) is 11.7 Å². The number of carbonyl (C=O) groups excluding carboxylic acids is 3. The average Bonchev–Trinajstić information content (AvgIpc) is 3.35. The van der Waals surface area contributed by atoms with Gasteiger partial charge in [-0.15, -0.1) is 22.0 Å². The molecule has 0 aromatic carbocycles. The predicted octanol–water partition coefficient (Wildman–Crippen LogP) is -5.23. The number of hydrogen-bond donors (Lipinski definition) is 2. The van der Waals surface area contributed by atoms with Gasteiger partial charge in [0.25, 0.3) is 18.4 Å². The summed E-state index contributed by atoms with van der Waals surface area (Å²) in [5.41, 5.74) is 2.76. The van der Waals surface area contributed by atoms with Crippen molar-refractivity contribution >= 4 is 59.0 Å². The standard InChI is InChI=1S/C14H14N6O6S3.K/c1-6-16-17-14(29-6)28-4-7-3-27-12-9(11(22)20(12)10(7)13(23)24)15-8(21)2-19-5-25-26-18-19;/h5,9,12,18H,2-4H2,1H3,(H-,15,21,23,24);/q;+1/t9?,12-;/m1./s1. The number of β-lactam (4-membered cyclic amide) rings is 1. The largest absolute Gasteiger partial charge is 1.00 e. The van der Waals surface area contributed by atoms with Gasteiger partial charge in [0, 0.05) is 11.5 Å². The molecular weight excluding hydrogens is 483 g/mol. The van der Waals surface area contributed by atoms with E-state index in [1.54, 1.807) is 0 Å². The number of aromatic nitrogens is 2. The molecule has 1 aromatic heterocycles. The Morgan fingerprint density at radius 1 is 1.50 bits per heavy atom. The number of nitrogens with zero attached hydrogens (tertiary/aromatic N) is 4. The number of aliphatic carboxylic acids is 1. The topological polar surface area (TPSA) is 149 Å². The summed E-state index contributed by atoms with van der Waals surface area (Å²) in [6.07, 6.45) is 1.16. The van der Waals surface area contributed by atoms with Crippen LogP contribution in [-0.2, 0) is 24.3 Å². The molecule has 2 amide bonds. The summed E-state index contributed by atoms with van der Waals surface area (Å²) in [5, 5.41) is 22.6. The van der Waals surface area contributed by atoms with Crippen molar-refractivity contribution in [3.8, 4) is 0 Å². The number of hydrazine groups is 1. The fraction of sp³-hybridized carbons (Fsp3) is 0.429. The average molecular weight is 498 g/mol. The van der Waals surface area contributed by atoms with E-state index < -0.39 is 29.2 Å². The van der Waals surface area contributed by atoms with E-state index in [9.17, 15) is 19.5 Å². The molecule has 0 spiro atoms. The summed E-state index contributed by atoms with van der Waals surface area (Å²) in [6.45, 7) is 1.69. The number of aryl methyl sites for hydroxylation is 1. The van der Waals surface area contributed by atoms with Gasteiger partial charge in [0.2, 0.25) is 0 Å². The molecule has 30 heavy (non-hydrogen) atoms. The predicted molar refractivity (Wildman–Crippen MR) is 98.9 cm³/mol. The van der Waals surface area contributed by atoms with E-state index in [1.807, 2.05) is 6.92 Å². The van der Waals surface area contributed by atoms with Crippen molar-refractivity contribution < 1.29 is 85.4 Å². The number of hydrazone groups is 1. The van der Waals surface area contributed by atoms with E-state index in [-0.39, 0.29) is 63.6 Å². The van der Waals surface area contributed by atoms with Crippen molar-refractivity contribution in [2.24, 2.45) is 0 Å². The van der Waals surface area contributed by atoms with Crippen LogP contribution in [-0.4, -0.2) is 73.4 Å². The van der Waals surface area contributed by atoms with Crippen LogP contribution in [0.5, 0.6) is 0 Å². The Kier molecular flexibility index (Phi) is 8.19. The van der Waals surface area contributed by atoms with E-state index in [1.165, 1.54) is 44.4 Å². The Bertz CT molecular complexity index is 939. The molecule has 3 aliphatic heterocycles. The number of carboxylic acids is 1. The zero-order chi connectivity index (χ0) is 20.5. The molecule has 1 fully saturated rings. The van der Waals surface area contributed by atoms with Crippen LogP contribution in [0.1, 0.15) is 5.01 Å². The fourth-order valence-corrected chi connectivity index (χ4v) is 6.18. The Morgan fingerprint density at radius 2 is 2.30 bits per heavy atom. The summed E-state index contributed by atoms with van der Waals surface area (Å²) in [5.74, 6) is -1.60. The molecule has 1 unspecified atom stereocenters. The van der Waals surface area contributed by atoms with E-state index in [0.717, 1.165) is 15.7 Å². The van der Waals surface area contributed by atoms with E-state index >= 15 is 0 Å². The molecule has 0 aliphatic carbocycles. The number of nitrogens with one attached hydrogen (secondary N) is 2. The van der Waals surface area contributed by atoms with Crippen LogP contribution in [0.25, 0.3) is 0 Å². The van der Waals surface area contributed by atoms with Crippen LogP contribution in [0.4, 0.5) is 0 Å². The summed E-state index contributed by atoms with van der Waals surface area (Å²) in [7, 11) is 0. The zero-order valence-electron chi connectivity index (χ0n) is 15.8. The number of rotatable bonds is 7. The van der Waals surface area contributed by atoms with Gasteiger partial charge in [-0.05, 0) is 27.8 Å². The normalized spacial score (nSPS) is 22.2. The van der Waals surface area contributed by atoms with Gasteiger partial charge in [-0.3, -0.25) is 14.5 Å². The molecule has 0 saturated carbocycles. The molecule has 1 saturated heterocycles. The molecule has 12 nitrogen and oxygen atoms in total. The maximum absolute atomic E-state index is 12.6. The molecular formula is C14H14KN6O6S3+. The van der Waals surface area contributed by atoms with Crippen molar-refractivity contribution in [2.45, 2.75) is 22.7 Å². The Balaban J connectivity index is 0.00000256. The molecule has 2 N–H and O–H groups in total. The van der Waals surface area contributed by atoms with Gasteiger partial charge in [-0.2, -0.15) is 0 Å². The van der Waals surface area contributed by atoms with E-state index in [2.05, 4.69) is 31.0 Å². The second-order valence-electron chi connectivity index (χ2n) is 6.07. The van der Waals surface area contributed by atoms with Crippen molar-refractivity contribution in [1.82, 2.24) is 26.0 Å². The van der Waals surface area contributed by atoms with Gasteiger partial charge >= 0.3 is 57.8 Å². The first-order valence-corrected chi connectivity index (χ1v) is 11.1. The van der Waals surface area contributed by atoms with Gasteiger partial charge < -0.3 is 15.2 Å². The maximum atomic E-state index is 12.6. The fourth-order valence-electron chi connectivity index (χ4n) is 2.88. The van der Waals surface area contributed by atoms with Crippen LogP contribution >= 0.6 is 34.9 Å². The van der Waals surface area contributed by atoms with Crippen molar-refractivity contribution in [3.63, 3.8) is 0 Å².